The molecule has 4 nitrogen and oxygen atoms in total. The van der Waals surface area contributed by atoms with Gasteiger partial charge < -0.3 is 0 Å². The Hall–Kier alpha value is -0.0301. The molecule has 490 valence electrons. The van der Waals surface area contributed by atoms with Crippen LogP contribution in [0.1, 0.15) is 324 Å². The lowest BCUT2D eigenvalue weighted by molar-refractivity contribution is -0.158. The molecule has 6 heteroatoms. The van der Waals surface area contributed by atoms with Crippen molar-refractivity contribution in [2.45, 2.75) is 431 Å². The quantitative estimate of drug-likeness (QED) is 0.254. The molecule has 0 aromatic carbocycles. The number of hydrogen-bond donors (Lipinski definition) is 0. The Morgan fingerprint density at radius 1 is 0.239 bits per heavy atom. The van der Waals surface area contributed by atoms with E-state index in [2.05, 4.69) is 61.1 Å². The van der Waals surface area contributed by atoms with Gasteiger partial charge in [0, 0.05) is 72.5 Å². The van der Waals surface area contributed by atoms with E-state index in [0.29, 0.717) is 10.8 Å². The molecule has 18 rings (SSSR count). The van der Waals surface area contributed by atoms with Crippen LogP contribution in [0.4, 0.5) is 0 Å². The monoisotopic (exact) mass is 1200 g/mol. The first-order valence-electron chi connectivity index (χ1n) is 42.1. The second-order valence-electron chi connectivity index (χ2n) is 40.1. The maximum absolute atomic E-state index is 3.69. The van der Waals surface area contributed by atoms with E-state index in [9.17, 15) is 0 Å². The Balaban J connectivity index is 0.757. The highest BCUT2D eigenvalue weighted by molar-refractivity contribution is 6.67. The molecule has 0 N–H and O–H groups in total. The van der Waals surface area contributed by atoms with E-state index in [1.54, 1.807) is 135 Å². The summed E-state index contributed by atoms with van der Waals surface area (Å²) >= 11 is 0. The molecule has 19 unspecified atom stereocenters. The summed E-state index contributed by atoms with van der Waals surface area (Å²) in [5, 5.41) is 0. The Bertz CT molecular complexity index is 2390. The van der Waals surface area contributed by atoms with Gasteiger partial charge in [-0.1, -0.05) is 189 Å². The highest BCUT2D eigenvalue weighted by Gasteiger charge is 2.72. The van der Waals surface area contributed by atoms with Gasteiger partial charge in [-0.3, -0.25) is 19.6 Å². The maximum atomic E-state index is 3.69. The van der Waals surface area contributed by atoms with Gasteiger partial charge >= 0.3 is 0 Å². The molecule has 0 amide bonds. The van der Waals surface area contributed by atoms with Crippen LogP contribution in [0, 0.1) is 81.8 Å². The van der Waals surface area contributed by atoms with E-state index >= 15 is 0 Å². The van der Waals surface area contributed by atoms with Gasteiger partial charge in [0.05, 0.1) is 0 Å². The molecule has 0 aromatic rings. The normalized spacial score (nSPS) is 50.9. The number of rotatable bonds is 5. The van der Waals surface area contributed by atoms with Crippen molar-refractivity contribution in [3.63, 3.8) is 0 Å². The third kappa shape index (κ3) is 9.85. The van der Waals surface area contributed by atoms with Crippen LogP contribution in [-0.2, 0) is 0 Å². The van der Waals surface area contributed by atoms with Gasteiger partial charge in [0.2, 0.25) is 0 Å². The van der Waals surface area contributed by atoms with Gasteiger partial charge in [-0.25, -0.2) is 0 Å². The molecular weight excluding hydrogens is 1060 g/mol. The van der Waals surface area contributed by atoms with Gasteiger partial charge in [-0.05, 0) is 252 Å². The first kappa shape index (κ1) is 60.4. The predicted molar refractivity (Wildman–Crippen MR) is 371 cm³/mol. The molecule has 18 fully saturated rings. The van der Waals surface area contributed by atoms with Crippen LogP contribution in [0.25, 0.3) is 0 Å². The molecule has 14 saturated carbocycles. The zero-order chi connectivity index (χ0) is 58.9. The number of nitrogens with zero attached hydrogens (tertiary/aromatic N) is 4. The molecule has 0 aromatic heterocycles. The Morgan fingerprint density at radius 3 is 1.07 bits per heavy atom. The molecule has 18 aliphatic rings. The molecule has 88 heavy (non-hydrogen) atoms. The van der Waals surface area contributed by atoms with Crippen molar-refractivity contribution in [1.29, 1.82) is 0 Å². The minimum absolute atomic E-state index is 0.379. The summed E-state index contributed by atoms with van der Waals surface area (Å²) in [5.74, 6) is 18.4. The average molecular weight is 1200 g/mol. The maximum Gasteiger partial charge on any atom is 0.156 e. The van der Waals surface area contributed by atoms with Crippen LogP contribution < -0.4 is 0 Å². The Labute approximate surface area is 543 Å². The van der Waals surface area contributed by atoms with Crippen molar-refractivity contribution < 1.29 is 0 Å². The van der Waals surface area contributed by atoms with E-state index in [1.807, 2.05) is 0 Å². The summed E-state index contributed by atoms with van der Waals surface area (Å²) in [7, 11) is 0. The fourth-order valence-corrected chi connectivity index (χ4v) is 32.7. The first-order chi connectivity index (χ1) is 43.0. The van der Waals surface area contributed by atoms with Crippen molar-refractivity contribution in [1.82, 2.24) is 19.6 Å². The molecule has 4 aliphatic heterocycles. The number of fused-ring (bicyclic) bond motifs is 10. The van der Waals surface area contributed by atoms with E-state index in [1.165, 1.54) is 148 Å². The third-order valence-electron chi connectivity index (χ3n) is 35.4. The van der Waals surface area contributed by atoms with Gasteiger partial charge in [0.15, 0.2) is 13.4 Å². The lowest BCUT2D eigenvalue weighted by Gasteiger charge is -2.74. The van der Waals surface area contributed by atoms with Gasteiger partial charge in [0.1, 0.15) is 0 Å². The molecule has 26 atom stereocenters. The van der Waals surface area contributed by atoms with Crippen LogP contribution in [-0.4, -0.2) is 106 Å². The van der Waals surface area contributed by atoms with E-state index in [-0.39, 0.29) is 0 Å². The average Bonchev–Trinajstić information content (AvgIpc) is 0.927. The van der Waals surface area contributed by atoms with Gasteiger partial charge in [0.25, 0.3) is 0 Å². The second-order valence-corrected chi connectivity index (χ2v) is 40.1. The summed E-state index contributed by atoms with van der Waals surface area (Å²) in [6.07, 6.45) is 68.8. The summed E-state index contributed by atoms with van der Waals surface area (Å²) < 4.78 is 0. The molecular formula is C82H136B2N4. The minimum atomic E-state index is 0.379. The lowest BCUT2D eigenvalue weighted by atomic mass is 9.13. The Kier molecular flexibility index (Phi) is 16.4. The van der Waals surface area contributed by atoms with Crippen LogP contribution in [0.15, 0.2) is 0 Å². The predicted octanol–water partition coefficient (Wildman–Crippen LogP) is 20.7. The largest absolute Gasteiger partial charge is 0.295 e. The van der Waals surface area contributed by atoms with Crippen molar-refractivity contribution >= 4 is 13.4 Å². The van der Waals surface area contributed by atoms with Gasteiger partial charge in [-0.15, -0.1) is 0 Å². The highest BCUT2D eigenvalue weighted by Crippen LogP contribution is 2.72. The summed E-state index contributed by atoms with van der Waals surface area (Å²) in [6.45, 7) is 18.4. The standard InChI is InChI=1S/C82H136B2N4/c1-81(2,3)53-45-73-79-75(47-53)87(57-30-15-9-16-31-57)71-50-72-68(49-67(71)83(79)65-38-19-20-39-69(65)85(73)55-26-11-7-12-27-55)84-66-43-40-52(59-41-42-64-62-35-22-25-51-24-21-34-61(77(51)62)63-37-23-36-60(59)78(63)64)44-70(66)86(56-28-13-8-14-29-56)74-46-54(82(4,5)6)48-76(80(74)84)88(72)58-32-17-10-18-33-58/h51-80H,7-50H2,1-6H3/t51-,52?,53+,54?,59-,60?,61?,62?,63?,64?,65?,66?,67+,68?,69+,70?,71?,72?,73-,74?,75?,76?,77+,78?,79?,80?/m0/s1. The topological polar surface area (TPSA) is 13.0 Å². The van der Waals surface area contributed by atoms with Crippen LogP contribution in [0.5, 0.6) is 0 Å². The molecule has 0 spiro atoms. The SMILES string of the molecule is CC(C)(C)C1CC2C3B(C4CCC([C@@H]5CCC6C7C(CCCC75)C5CCC[C@H]7CCCC6[C@@H]57)CC4N2C2CCCCC2)C2C[C@H]4B5C6CCCC[C@H]6N(C6CCCCC6)[C@H]6C[C@@H](C(C)(C)C)CC(C56)N(C5CCCCC5)C4CC2N(C2CCCCC2)C3C1. The van der Waals surface area contributed by atoms with E-state index in [0.717, 1.165) is 192 Å². The third-order valence-corrected chi connectivity index (χ3v) is 35.4. The van der Waals surface area contributed by atoms with Crippen molar-refractivity contribution in [2.24, 2.45) is 81.8 Å². The summed E-state index contributed by atoms with van der Waals surface area (Å²) in [4.78, 5) is 14.6. The lowest BCUT2D eigenvalue weighted by Crippen LogP contribution is -2.78. The van der Waals surface area contributed by atoms with Gasteiger partial charge in [-0.2, -0.15) is 0 Å². The molecule has 4 heterocycles. The number of hydrogen-bond acceptors (Lipinski definition) is 4. The zero-order valence-corrected chi connectivity index (χ0v) is 58.4. The van der Waals surface area contributed by atoms with Crippen LogP contribution >= 0.6 is 0 Å². The van der Waals surface area contributed by atoms with Crippen LogP contribution in [0.2, 0.25) is 34.9 Å². The highest BCUT2D eigenvalue weighted by atomic mass is 15.3. The van der Waals surface area contributed by atoms with E-state index < -0.39 is 0 Å². The Morgan fingerprint density at radius 2 is 0.602 bits per heavy atom. The zero-order valence-electron chi connectivity index (χ0n) is 58.4. The fraction of sp³-hybridized carbons (Fsp3) is 1.00. The van der Waals surface area contributed by atoms with Crippen LogP contribution in [0.3, 0.4) is 0 Å². The molecule has 0 bridgehead atoms. The van der Waals surface area contributed by atoms with Crippen molar-refractivity contribution in [3.05, 3.63) is 0 Å². The van der Waals surface area contributed by atoms with Crippen molar-refractivity contribution in [3.8, 4) is 0 Å². The molecule has 4 saturated heterocycles. The summed E-state index contributed by atoms with van der Waals surface area (Å²) in [5.41, 5.74) is 0.767. The first-order valence-corrected chi connectivity index (χ1v) is 42.1. The smallest absolute Gasteiger partial charge is 0.156 e. The van der Waals surface area contributed by atoms with Crippen molar-refractivity contribution in [2.75, 3.05) is 0 Å². The second kappa shape index (κ2) is 23.9. The minimum Gasteiger partial charge on any atom is -0.295 e. The summed E-state index contributed by atoms with van der Waals surface area (Å²) in [6, 6.07) is 10.2. The molecule has 0 radical (unpaired) electrons. The van der Waals surface area contributed by atoms with E-state index in [4.69, 9.17) is 0 Å². The fourth-order valence-electron chi connectivity index (χ4n) is 32.7. The molecule has 14 aliphatic carbocycles.